The van der Waals surface area contributed by atoms with Gasteiger partial charge in [-0.2, -0.15) is 4.98 Å². The summed E-state index contributed by atoms with van der Waals surface area (Å²) in [4.78, 5) is 15.7. The standard InChI is InChI=1S/C14H16N6O/c1-19-8-11(15-9-19)17-13-12-10(4-7-21-12)16-14(18-13)20-5-2-3-6-20/h4,7-9H,2-3,5-6H2,1H3,(H,16,17,18). The summed E-state index contributed by atoms with van der Waals surface area (Å²) in [5.41, 5.74) is 1.47. The predicted octanol–water partition coefficient (Wildman–Crippen LogP) is 2.30. The number of nitrogens with zero attached hydrogens (tertiary/aromatic N) is 5. The zero-order valence-corrected chi connectivity index (χ0v) is 11.8. The summed E-state index contributed by atoms with van der Waals surface area (Å²) >= 11 is 0. The van der Waals surface area contributed by atoms with Crippen molar-refractivity contribution < 1.29 is 4.42 Å². The summed E-state index contributed by atoms with van der Waals surface area (Å²) in [6, 6.07) is 1.86. The first kappa shape index (κ1) is 12.2. The van der Waals surface area contributed by atoms with Crippen LogP contribution in [0.25, 0.3) is 11.1 Å². The van der Waals surface area contributed by atoms with Crippen LogP contribution in [0.5, 0.6) is 0 Å². The molecule has 4 rings (SSSR count). The van der Waals surface area contributed by atoms with Crippen LogP contribution in [0.3, 0.4) is 0 Å². The number of anilines is 3. The maximum atomic E-state index is 5.51. The Labute approximate surface area is 121 Å². The molecule has 4 heterocycles. The van der Waals surface area contributed by atoms with Crippen LogP contribution in [0, 0.1) is 0 Å². The third-order valence-corrected chi connectivity index (χ3v) is 3.63. The van der Waals surface area contributed by atoms with Gasteiger partial charge >= 0.3 is 0 Å². The van der Waals surface area contributed by atoms with Crippen LogP contribution in [0.4, 0.5) is 17.6 Å². The van der Waals surface area contributed by atoms with E-state index >= 15 is 0 Å². The highest BCUT2D eigenvalue weighted by molar-refractivity contribution is 5.86. The van der Waals surface area contributed by atoms with Crippen LogP contribution >= 0.6 is 0 Å². The molecule has 0 radical (unpaired) electrons. The minimum Gasteiger partial charge on any atom is -0.459 e. The highest BCUT2D eigenvalue weighted by Gasteiger charge is 2.19. The lowest BCUT2D eigenvalue weighted by molar-refractivity contribution is 0.615. The Morgan fingerprint density at radius 1 is 1.24 bits per heavy atom. The normalized spacial score (nSPS) is 15.0. The topological polar surface area (TPSA) is 72.0 Å². The van der Waals surface area contributed by atoms with Crippen LogP contribution in [0.2, 0.25) is 0 Å². The number of furan rings is 1. The first-order valence-electron chi connectivity index (χ1n) is 7.05. The molecule has 1 N–H and O–H groups in total. The number of imidazole rings is 1. The molecule has 3 aromatic rings. The molecule has 21 heavy (non-hydrogen) atoms. The highest BCUT2D eigenvalue weighted by atomic mass is 16.3. The van der Waals surface area contributed by atoms with Crippen molar-refractivity contribution >= 4 is 28.7 Å². The number of hydrogen-bond donors (Lipinski definition) is 1. The van der Waals surface area contributed by atoms with E-state index in [1.807, 2.05) is 23.9 Å². The van der Waals surface area contributed by atoms with E-state index in [0.717, 1.165) is 30.4 Å². The van der Waals surface area contributed by atoms with Gasteiger partial charge in [0.25, 0.3) is 0 Å². The summed E-state index contributed by atoms with van der Waals surface area (Å²) < 4.78 is 7.38. The fourth-order valence-corrected chi connectivity index (χ4v) is 2.59. The molecule has 1 fully saturated rings. The Bertz CT molecular complexity index is 771. The molecule has 0 bridgehead atoms. The third-order valence-electron chi connectivity index (χ3n) is 3.63. The highest BCUT2D eigenvalue weighted by Crippen LogP contribution is 2.27. The number of rotatable bonds is 3. The van der Waals surface area contributed by atoms with Gasteiger partial charge < -0.3 is 19.2 Å². The largest absolute Gasteiger partial charge is 0.459 e. The van der Waals surface area contributed by atoms with E-state index in [1.165, 1.54) is 12.8 Å². The zero-order valence-electron chi connectivity index (χ0n) is 11.8. The van der Waals surface area contributed by atoms with E-state index in [2.05, 4.69) is 25.2 Å². The van der Waals surface area contributed by atoms with Crippen molar-refractivity contribution in [2.24, 2.45) is 7.05 Å². The molecule has 0 spiro atoms. The summed E-state index contributed by atoms with van der Waals surface area (Å²) in [5.74, 6) is 2.15. The molecule has 1 aliphatic heterocycles. The zero-order chi connectivity index (χ0) is 14.2. The number of hydrogen-bond acceptors (Lipinski definition) is 6. The molecule has 108 valence electrons. The summed E-state index contributed by atoms with van der Waals surface area (Å²) in [6.07, 6.45) is 7.65. The van der Waals surface area contributed by atoms with Crippen molar-refractivity contribution in [1.82, 2.24) is 19.5 Å². The number of aryl methyl sites for hydroxylation is 1. The second-order valence-corrected chi connectivity index (χ2v) is 5.25. The lowest BCUT2D eigenvalue weighted by atomic mass is 10.4. The second-order valence-electron chi connectivity index (χ2n) is 5.25. The second kappa shape index (κ2) is 4.76. The molecule has 0 unspecified atom stereocenters. The van der Waals surface area contributed by atoms with Gasteiger partial charge in [-0.25, -0.2) is 9.97 Å². The molecule has 3 aromatic heterocycles. The number of fused-ring (bicyclic) bond motifs is 1. The SMILES string of the molecule is Cn1cnc(Nc2nc(N3CCCC3)nc3ccoc23)c1. The van der Waals surface area contributed by atoms with Crippen molar-refractivity contribution in [3.8, 4) is 0 Å². The Morgan fingerprint density at radius 2 is 2.10 bits per heavy atom. The smallest absolute Gasteiger partial charge is 0.228 e. The van der Waals surface area contributed by atoms with Gasteiger partial charge in [0.1, 0.15) is 11.3 Å². The van der Waals surface area contributed by atoms with Gasteiger partial charge in [-0.1, -0.05) is 0 Å². The Hall–Kier alpha value is -2.57. The fourth-order valence-electron chi connectivity index (χ4n) is 2.59. The van der Waals surface area contributed by atoms with Crippen molar-refractivity contribution in [2.45, 2.75) is 12.8 Å². The number of aromatic nitrogens is 4. The van der Waals surface area contributed by atoms with Crippen LogP contribution in [0.15, 0.2) is 29.3 Å². The van der Waals surface area contributed by atoms with Crippen molar-refractivity contribution in [1.29, 1.82) is 0 Å². The van der Waals surface area contributed by atoms with Crippen LogP contribution < -0.4 is 10.2 Å². The molecule has 0 aromatic carbocycles. The average Bonchev–Trinajstić information content (AvgIpc) is 3.18. The molecular weight excluding hydrogens is 268 g/mol. The van der Waals surface area contributed by atoms with E-state index in [1.54, 1.807) is 12.6 Å². The van der Waals surface area contributed by atoms with Gasteiger partial charge in [-0.15, -0.1) is 0 Å². The first-order chi connectivity index (χ1) is 10.3. The van der Waals surface area contributed by atoms with Crippen LogP contribution in [-0.4, -0.2) is 32.6 Å². The third kappa shape index (κ3) is 2.20. The van der Waals surface area contributed by atoms with E-state index < -0.39 is 0 Å². The minimum atomic E-state index is 0.656. The van der Waals surface area contributed by atoms with Crippen molar-refractivity contribution in [3.05, 3.63) is 24.9 Å². The van der Waals surface area contributed by atoms with Gasteiger partial charge in [0.05, 0.1) is 12.6 Å². The number of nitrogens with one attached hydrogen (secondary N) is 1. The molecule has 0 atom stereocenters. The fraction of sp³-hybridized carbons (Fsp3) is 0.357. The summed E-state index contributed by atoms with van der Waals surface area (Å²) in [5, 5.41) is 3.21. The maximum Gasteiger partial charge on any atom is 0.228 e. The lowest BCUT2D eigenvalue weighted by Crippen LogP contribution is -2.20. The molecule has 0 amide bonds. The van der Waals surface area contributed by atoms with E-state index in [9.17, 15) is 0 Å². The molecule has 7 heteroatoms. The molecule has 1 aliphatic rings. The molecular formula is C14H16N6O. The molecule has 0 saturated carbocycles. The van der Waals surface area contributed by atoms with Crippen molar-refractivity contribution in [3.63, 3.8) is 0 Å². The summed E-state index contributed by atoms with van der Waals surface area (Å²) in [7, 11) is 1.93. The van der Waals surface area contributed by atoms with E-state index in [-0.39, 0.29) is 0 Å². The van der Waals surface area contributed by atoms with Gasteiger partial charge in [-0.05, 0) is 12.8 Å². The first-order valence-corrected chi connectivity index (χ1v) is 7.05. The molecule has 1 saturated heterocycles. The quantitative estimate of drug-likeness (QED) is 0.795. The van der Waals surface area contributed by atoms with Gasteiger partial charge in [0, 0.05) is 32.4 Å². The van der Waals surface area contributed by atoms with Crippen LogP contribution in [0.1, 0.15) is 12.8 Å². The average molecular weight is 284 g/mol. The monoisotopic (exact) mass is 284 g/mol. The maximum absolute atomic E-state index is 5.51. The molecule has 0 aliphatic carbocycles. The predicted molar refractivity (Wildman–Crippen MR) is 79.7 cm³/mol. The summed E-state index contributed by atoms with van der Waals surface area (Å²) in [6.45, 7) is 2.01. The van der Waals surface area contributed by atoms with Crippen LogP contribution in [-0.2, 0) is 7.05 Å². The van der Waals surface area contributed by atoms with Crippen molar-refractivity contribution in [2.75, 3.05) is 23.3 Å². The lowest BCUT2D eigenvalue weighted by Gasteiger charge is -2.15. The van der Waals surface area contributed by atoms with Gasteiger partial charge in [0.2, 0.25) is 5.95 Å². The minimum absolute atomic E-state index is 0.656. The van der Waals surface area contributed by atoms with E-state index in [4.69, 9.17) is 4.42 Å². The van der Waals surface area contributed by atoms with Gasteiger partial charge in [0.15, 0.2) is 11.4 Å². The Kier molecular flexibility index (Phi) is 2.77. The Balaban J connectivity index is 1.76. The Morgan fingerprint density at radius 3 is 2.86 bits per heavy atom. The van der Waals surface area contributed by atoms with E-state index in [0.29, 0.717) is 11.4 Å². The molecule has 7 nitrogen and oxygen atoms in total. The van der Waals surface area contributed by atoms with Gasteiger partial charge in [-0.3, -0.25) is 0 Å².